The first-order valence-corrected chi connectivity index (χ1v) is 7.33. The van der Waals surface area contributed by atoms with Crippen LogP contribution in [0.25, 0.3) is 0 Å². The largest absolute Gasteiger partial charge is 0.295 e. The molecule has 1 aliphatic rings. The molecule has 2 heterocycles. The van der Waals surface area contributed by atoms with E-state index in [2.05, 4.69) is 63.4 Å². The van der Waals surface area contributed by atoms with Gasteiger partial charge in [-0.1, -0.05) is 20.8 Å². The highest BCUT2D eigenvalue weighted by molar-refractivity contribution is 5.26. The van der Waals surface area contributed by atoms with Crippen LogP contribution in [0.2, 0.25) is 0 Å². The first-order valence-electron chi connectivity index (χ1n) is 7.33. The van der Waals surface area contributed by atoms with E-state index in [1.165, 1.54) is 5.56 Å². The van der Waals surface area contributed by atoms with Gasteiger partial charge in [-0.05, 0) is 26.2 Å². The molecule has 0 unspecified atom stereocenters. The molecule has 1 saturated heterocycles. The van der Waals surface area contributed by atoms with E-state index < -0.39 is 0 Å². The summed E-state index contributed by atoms with van der Waals surface area (Å²) < 4.78 is 2.07. The third kappa shape index (κ3) is 3.04. The van der Waals surface area contributed by atoms with Gasteiger partial charge in [-0.25, -0.2) is 0 Å². The van der Waals surface area contributed by atoms with Crippen LogP contribution in [0.4, 0.5) is 0 Å². The molecule has 0 bridgehead atoms. The zero-order valence-corrected chi connectivity index (χ0v) is 13.6. The summed E-state index contributed by atoms with van der Waals surface area (Å²) in [5.41, 5.74) is 2.57. The number of nitriles is 1. The van der Waals surface area contributed by atoms with E-state index in [0.29, 0.717) is 0 Å². The second kappa shape index (κ2) is 4.89. The fourth-order valence-electron chi connectivity index (χ4n) is 2.49. The molecule has 0 saturated carbocycles. The van der Waals surface area contributed by atoms with E-state index in [4.69, 9.17) is 10.4 Å². The molecule has 110 valence electrons. The van der Waals surface area contributed by atoms with Crippen LogP contribution in [-0.4, -0.2) is 27.8 Å². The molecule has 0 radical (unpaired) electrons. The maximum Gasteiger partial charge on any atom is 0.0802 e. The van der Waals surface area contributed by atoms with Crippen LogP contribution in [0.3, 0.4) is 0 Å². The first kappa shape index (κ1) is 15.1. The lowest BCUT2D eigenvalue weighted by Gasteiger charge is -2.35. The number of hydrogen-bond donors (Lipinski definition) is 0. The van der Waals surface area contributed by atoms with Gasteiger partial charge in [0.15, 0.2) is 0 Å². The van der Waals surface area contributed by atoms with Gasteiger partial charge in [0, 0.05) is 31.4 Å². The Balaban J connectivity index is 2.23. The van der Waals surface area contributed by atoms with Gasteiger partial charge in [-0.15, -0.1) is 0 Å². The van der Waals surface area contributed by atoms with Crippen molar-refractivity contribution in [2.24, 2.45) is 5.92 Å². The van der Waals surface area contributed by atoms with Crippen molar-refractivity contribution in [3.05, 3.63) is 17.5 Å². The quantitative estimate of drug-likeness (QED) is 0.833. The Morgan fingerprint density at radius 1 is 1.25 bits per heavy atom. The Bertz CT molecular complexity index is 516. The van der Waals surface area contributed by atoms with Gasteiger partial charge >= 0.3 is 0 Å². The van der Waals surface area contributed by atoms with Crippen molar-refractivity contribution in [1.82, 2.24) is 14.7 Å². The van der Waals surface area contributed by atoms with Crippen molar-refractivity contribution in [2.75, 3.05) is 13.1 Å². The highest BCUT2D eigenvalue weighted by Crippen LogP contribution is 2.29. The molecule has 0 aliphatic carbocycles. The van der Waals surface area contributed by atoms with E-state index in [1.807, 2.05) is 0 Å². The summed E-state index contributed by atoms with van der Waals surface area (Å²) in [6.45, 7) is 15.8. The Labute approximate surface area is 122 Å². The molecule has 0 spiro atoms. The minimum atomic E-state index is 0.00237. The fraction of sp³-hybridized carbons (Fsp3) is 0.750. The monoisotopic (exact) mass is 274 g/mol. The van der Waals surface area contributed by atoms with E-state index in [0.717, 1.165) is 25.3 Å². The average molecular weight is 274 g/mol. The molecule has 0 N–H and O–H groups in total. The first-order chi connectivity index (χ1) is 9.11. The van der Waals surface area contributed by atoms with E-state index >= 15 is 0 Å². The average Bonchev–Trinajstić information content (AvgIpc) is 2.65. The number of hydrogen-bond acceptors (Lipinski definition) is 3. The summed E-state index contributed by atoms with van der Waals surface area (Å²) in [5.74, 6) is 0.206. The molecule has 0 amide bonds. The number of nitrogens with zero attached hydrogens (tertiary/aromatic N) is 4. The maximum atomic E-state index is 8.87. The number of aromatic nitrogens is 2. The Morgan fingerprint density at radius 3 is 2.30 bits per heavy atom. The second-order valence-electron chi connectivity index (χ2n) is 7.87. The van der Waals surface area contributed by atoms with Crippen LogP contribution in [-0.2, 0) is 17.5 Å². The molecule has 1 aromatic heterocycles. The minimum absolute atomic E-state index is 0.00237. The van der Waals surface area contributed by atoms with E-state index in [1.54, 1.807) is 0 Å². The van der Waals surface area contributed by atoms with Gasteiger partial charge in [0.25, 0.3) is 0 Å². The lowest BCUT2D eigenvalue weighted by molar-refractivity contribution is 0.123. The lowest BCUT2D eigenvalue weighted by atomic mass is 9.87. The Hall–Kier alpha value is -1.34. The van der Waals surface area contributed by atoms with Gasteiger partial charge in [0.2, 0.25) is 0 Å². The van der Waals surface area contributed by atoms with Crippen molar-refractivity contribution in [3.63, 3.8) is 0 Å². The number of likely N-dealkylation sites (tertiary alicyclic amines) is 1. The van der Waals surface area contributed by atoms with Crippen LogP contribution in [0.1, 0.15) is 52.8 Å². The van der Waals surface area contributed by atoms with Crippen LogP contribution < -0.4 is 0 Å². The summed E-state index contributed by atoms with van der Waals surface area (Å²) in [4.78, 5) is 2.30. The van der Waals surface area contributed by atoms with Crippen LogP contribution >= 0.6 is 0 Å². The fourth-order valence-corrected chi connectivity index (χ4v) is 2.49. The van der Waals surface area contributed by atoms with Gasteiger partial charge < -0.3 is 0 Å². The molecule has 1 aromatic rings. The predicted molar refractivity (Wildman–Crippen MR) is 80.3 cm³/mol. The maximum absolute atomic E-state index is 8.87. The lowest BCUT2D eigenvalue weighted by Crippen LogP contribution is -2.45. The molecule has 4 nitrogen and oxygen atoms in total. The minimum Gasteiger partial charge on any atom is -0.295 e. The molecular weight excluding hydrogens is 248 g/mol. The Kier molecular flexibility index (Phi) is 3.68. The molecule has 0 aromatic carbocycles. The molecule has 1 aliphatic heterocycles. The third-order valence-electron chi connectivity index (χ3n) is 3.80. The standard InChI is InChI=1S/C16H26N4/c1-15(2,3)13-10-20(16(4,5)6)18-14(13)11-19-8-12(7-17)9-19/h10,12H,8-9,11H2,1-6H3. The van der Waals surface area contributed by atoms with Crippen LogP contribution in [0, 0.1) is 17.2 Å². The summed E-state index contributed by atoms with van der Waals surface area (Å²) >= 11 is 0. The SMILES string of the molecule is CC(C)(C)c1cn(C(C)(C)C)nc1CN1CC(C#N)C1. The topological polar surface area (TPSA) is 44.9 Å². The molecule has 0 atom stereocenters. The smallest absolute Gasteiger partial charge is 0.0802 e. The molecule has 20 heavy (non-hydrogen) atoms. The van der Waals surface area contributed by atoms with Crippen molar-refractivity contribution in [3.8, 4) is 6.07 Å². The summed E-state index contributed by atoms with van der Waals surface area (Å²) in [6, 6.07) is 2.32. The zero-order valence-electron chi connectivity index (χ0n) is 13.6. The predicted octanol–water partition coefficient (Wildman–Crippen LogP) is 2.89. The summed E-state index contributed by atoms with van der Waals surface area (Å²) in [7, 11) is 0. The van der Waals surface area contributed by atoms with Crippen molar-refractivity contribution < 1.29 is 0 Å². The van der Waals surface area contributed by atoms with Crippen LogP contribution in [0.5, 0.6) is 0 Å². The third-order valence-corrected chi connectivity index (χ3v) is 3.80. The molecule has 2 rings (SSSR count). The van der Waals surface area contributed by atoms with Gasteiger partial charge in [-0.3, -0.25) is 9.58 Å². The highest BCUT2D eigenvalue weighted by atomic mass is 15.3. The van der Waals surface area contributed by atoms with Gasteiger partial charge in [0.05, 0.1) is 23.2 Å². The molecule has 4 heteroatoms. The highest BCUT2D eigenvalue weighted by Gasteiger charge is 2.30. The van der Waals surface area contributed by atoms with Gasteiger partial charge in [-0.2, -0.15) is 10.4 Å². The van der Waals surface area contributed by atoms with E-state index in [-0.39, 0.29) is 16.9 Å². The molecule has 1 fully saturated rings. The van der Waals surface area contributed by atoms with Crippen molar-refractivity contribution in [2.45, 2.75) is 59.0 Å². The zero-order chi connectivity index (χ0) is 15.1. The number of rotatable bonds is 2. The second-order valence-corrected chi connectivity index (χ2v) is 7.87. The summed E-state index contributed by atoms with van der Waals surface area (Å²) in [5, 5.41) is 13.7. The van der Waals surface area contributed by atoms with Crippen LogP contribution in [0.15, 0.2) is 6.20 Å². The van der Waals surface area contributed by atoms with Crippen molar-refractivity contribution in [1.29, 1.82) is 5.26 Å². The molecular formula is C16H26N4. The van der Waals surface area contributed by atoms with E-state index in [9.17, 15) is 0 Å². The normalized spacial score (nSPS) is 17.9. The Morgan fingerprint density at radius 2 is 1.85 bits per heavy atom. The van der Waals surface area contributed by atoms with Gasteiger partial charge in [0.1, 0.15) is 0 Å². The summed E-state index contributed by atoms with van der Waals surface area (Å²) in [6.07, 6.45) is 2.19. The van der Waals surface area contributed by atoms with Crippen molar-refractivity contribution >= 4 is 0 Å².